The van der Waals surface area contributed by atoms with Gasteiger partial charge < -0.3 is 0 Å². The standard InChI is InChI=1S/C66H46B2N4OSe/c74-65-45-61-58(44-59(65)68-56-40-39-52(41-55(56)54-35-19-22-38-64(54)73-68)69(46-23-7-1-8-24-46)47-25-9-2-10-26-47)67-57-36-20-21-37-60(57)71(50-31-15-5-16-32-50)62-42-53(43-63(66(62)67)72(61)51-33-17-6-18-34-51)70(48-27-11-3-12-28-48)49-29-13-4-14-30-49/h1-45,74H. The molecule has 0 bridgehead atoms. The first kappa shape index (κ1) is 43.8. The number of para-hydroxylation sites is 8. The van der Waals surface area contributed by atoms with Crippen LogP contribution in [0.1, 0.15) is 0 Å². The van der Waals surface area contributed by atoms with Gasteiger partial charge in [0.15, 0.2) is 0 Å². The number of rotatable bonds is 9. The van der Waals surface area contributed by atoms with Crippen molar-refractivity contribution in [2.75, 3.05) is 19.6 Å². The molecule has 11 aromatic rings. The Bertz CT molecular complexity index is 3790. The summed E-state index contributed by atoms with van der Waals surface area (Å²) in [6, 6.07) is 98.6. The summed E-state index contributed by atoms with van der Waals surface area (Å²) in [6.45, 7) is -0.505. The van der Waals surface area contributed by atoms with Crippen molar-refractivity contribution in [1.29, 1.82) is 0 Å². The molecule has 3 aliphatic heterocycles. The molecule has 0 radical (unpaired) electrons. The minimum atomic E-state index is -0.391. The van der Waals surface area contributed by atoms with Crippen LogP contribution >= 0.6 is 0 Å². The molecule has 8 heteroatoms. The first-order chi connectivity index (χ1) is 36.7. The van der Waals surface area contributed by atoms with Crippen LogP contribution in [0.25, 0.3) is 11.1 Å². The fourth-order valence-electron chi connectivity index (χ4n) is 11.6. The normalized spacial score (nSPS) is 12.7. The van der Waals surface area contributed by atoms with Crippen molar-refractivity contribution in [1.82, 2.24) is 0 Å². The summed E-state index contributed by atoms with van der Waals surface area (Å²) in [4.78, 5) is 9.70. The summed E-state index contributed by atoms with van der Waals surface area (Å²) < 4.78 is 8.39. The second kappa shape index (κ2) is 18.3. The van der Waals surface area contributed by atoms with Crippen LogP contribution in [0.4, 0.5) is 68.2 Å². The molecule has 0 fully saturated rings. The van der Waals surface area contributed by atoms with Crippen LogP contribution < -0.4 is 56.0 Å². The zero-order chi connectivity index (χ0) is 49.1. The van der Waals surface area contributed by atoms with Crippen molar-refractivity contribution in [3.05, 3.63) is 273 Å². The van der Waals surface area contributed by atoms with Crippen LogP contribution in [0, 0.1) is 0 Å². The molecule has 11 aromatic carbocycles. The monoisotopic (exact) mass is 1010 g/mol. The van der Waals surface area contributed by atoms with Crippen LogP contribution in [0.15, 0.2) is 273 Å². The predicted octanol–water partition coefficient (Wildman–Crippen LogP) is 12.4. The molecule has 74 heavy (non-hydrogen) atoms. The number of benzene rings is 11. The molecule has 0 saturated carbocycles. The molecule has 0 aliphatic carbocycles. The van der Waals surface area contributed by atoms with Gasteiger partial charge in [0.2, 0.25) is 0 Å². The van der Waals surface area contributed by atoms with Gasteiger partial charge in [-0.1, -0.05) is 0 Å². The number of hydrogen-bond donors (Lipinski definition) is 0. The van der Waals surface area contributed by atoms with E-state index in [2.05, 4.69) is 309 Å². The third-order valence-electron chi connectivity index (χ3n) is 14.7. The van der Waals surface area contributed by atoms with E-state index in [0.29, 0.717) is 0 Å². The van der Waals surface area contributed by atoms with Gasteiger partial charge >= 0.3 is 444 Å². The summed E-state index contributed by atoms with van der Waals surface area (Å²) in [5, 5.41) is 0. The number of hydrogen-bond acceptors (Lipinski definition) is 5. The van der Waals surface area contributed by atoms with Gasteiger partial charge in [-0.05, 0) is 0 Å². The van der Waals surface area contributed by atoms with Gasteiger partial charge in [0.05, 0.1) is 0 Å². The average molecular weight is 1010 g/mol. The van der Waals surface area contributed by atoms with E-state index in [1.807, 2.05) is 0 Å². The summed E-state index contributed by atoms with van der Waals surface area (Å²) in [5.74, 6) is 0.867. The Kier molecular flexibility index (Phi) is 10.8. The van der Waals surface area contributed by atoms with Crippen molar-refractivity contribution in [3.63, 3.8) is 0 Å². The Morgan fingerprint density at radius 1 is 0.324 bits per heavy atom. The Balaban J connectivity index is 1.01. The van der Waals surface area contributed by atoms with Crippen molar-refractivity contribution < 1.29 is 4.65 Å². The molecule has 348 valence electrons. The second-order valence-electron chi connectivity index (χ2n) is 19.0. The van der Waals surface area contributed by atoms with Crippen LogP contribution in [0.3, 0.4) is 0 Å². The Morgan fingerprint density at radius 2 is 0.797 bits per heavy atom. The topological polar surface area (TPSA) is 22.2 Å². The zero-order valence-corrected chi connectivity index (χ0v) is 42.2. The maximum absolute atomic E-state index is 7.29. The predicted molar refractivity (Wildman–Crippen MR) is 314 cm³/mol. The van der Waals surface area contributed by atoms with Gasteiger partial charge in [-0.2, -0.15) is 0 Å². The Hall–Kier alpha value is -8.93. The van der Waals surface area contributed by atoms with Crippen molar-refractivity contribution in [2.45, 2.75) is 0 Å². The fourth-order valence-corrected chi connectivity index (χ4v) is 12.2. The average Bonchev–Trinajstić information content (AvgIpc) is 3.55. The Labute approximate surface area is 441 Å². The first-order valence-corrected chi connectivity index (χ1v) is 26.1. The molecule has 0 amide bonds. The van der Waals surface area contributed by atoms with E-state index in [4.69, 9.17) is 4.65 Å². The van der Waals surface area contributed by atoms with Crippen molar-refractivity contribution in [3.8, 4) is 16.9 Å². The van der Waals surface area contributed by atoms with Crippen LogP contribution in [0.5, 0.6) is 5.75 Å². The van der Waals surface area contributed by atoms with Crippen molar-refractivity contribution in [2.24, 2.45) is 0 Å². The molecule has 0 spiro atoms. The van der Waals surface area contributed by atoms with Gasteiger partial charge in [-0.25, -0.2) is 0 Å². The van der Waals surface area contributed by atoms with Gasteiger partial charge in [0.1, 0.15) is 0 Å². The summed E-state index contributed by atoms with van der Waals surface area (Å²) in [6.07, 6.45) is 0. The first-order valence-electron chi connectivity index (χ1n) is 25.2. The molecule has 0 aromatic heterocycles. The number of anilines is 12. The molecule has 0 saturated heterocycles. The molecular weight excluding hydrogens is 965 g/mol. The quantitative estimate of drug-likeness (QED) is 0.134. The molecule has 0 unspecified atom stereocenters. The van der Waals surface area contributed by atoms with Crippen LogP contribution in [0.2, 0.25) is 0 Å². The molecule has 0 N–H and O–H groups in total. The van der Waals surface area contributed by atoms with E-state index in [1.54, 1.807) is 0 Å². The van der Waals surface area contributed by atoms with E-state index >= 15 is 0 Å². The number of nitrogens with zero attached hydrogens (tertiary/aromatic N) is 4. The molecule has 0 atom stereocenters. The molecule has 14 rings (SSSR count). The molecule has 5 nitrogen and oxygen atoms in total. The second-order valence-corrected chi connectivity index (χ2v) is 20.0. The van der Waals surface area contributed by atoms with E-state index in [9.17, 15) is 0 Å². The van der Waals surface area contributed by atoms with Crippen LogP contribution in [-0.2, 0) is 0 Å². The van der Waals surface area contributed by atoms with E-state index < -0.39 is 6.92 Å². The van der Waals surface area contributed by atoms with Gasteiger partial charge in [0.25, 0.3) is 0 Å². The fraction of sp³-hybridized carbons (Fsp3) is 0. The van der Waals surface area contributed by atoms with Gasteiger partial charge in [-0.15, -0.1) is 0 Å². The third kappa shape index (κ3) is 7.33. The third-order valence-corrected chi connectivity index (χ3v) is 15.5. The van der Waals surface area contributed by atoms with Crippen LogP contribution in [-0.4, -0.2) is 29.6 Å². The van der Waals surface area contributed by atoms with Gasteiger partial charge in [0, 0.05) is 0 Å². The maximum atomic E-state index is 7.29. The van der Waals surface area contributed by atoms with E-state index in [0.717, 1.165) is 101 Å². The number of fused-ring (bicyclic) bond motifs is 7. The summed E-state index contributed by atoms with van der Waals surface area (Å²) in [7, 11) is 0. The summed E-state index contributed by atoms with van der Waals surface area (Å²) in [5.41, 5.74) is 21.5. The molecule has 3 aliphatic rings. The summed E-state index contributed by atoms with van der Waals surface area (Å²) >= 11 is 2.93. The zero-order valence-electron chi connectivity index (χ0n) is 40.3. The molecular formula is C66H46B2N4OSe. The minimum absolute atomic E-state index is 0.114. The SMILES string of the molecule is [SeH]c1cc2c(cc1B1Oc3ccccc3-c3cc(N(c4ccccc4)c4ccccc4)ccc31)B1c3ccccc3N(c3ccccc3)c3cc(N(c4ccccc4)c4ccccc4)cc(c31)N2c1ccccc1. The Morgan fingerprint density at radius 3 is 1.36 bits per heavy atom. The molecule has 3 heterocycles. The van der Waals surface area contributed by atoms with E-state index in [-0.39, 0.29) is 6.71 Å². The van der Waals surface area contributed by atoms with Gasteiger partial charge in [-0.3, -0.25) is 0 Å². The van der Waals surface area contributed by atoms with Crippen molar-refractivity contribution >= 4 is 130 Å². The van der Waals surface area contributed by atoms with E-state index in [1.165, 1.54) is 16.4 Å².